The van der Waals surface area contributed by atoms with Gasteiger partial charge in [-0.1, -0.05) is 16.8 Å². The molecule has 0 spiro atoms. The van der Waals surface area contributed by atoms with E-state index in [4.69, 9.17) is 20.5 Å². The van der Waals surface area contributed by atoms with Gasteiger partial charge in [-0.05, 0) is 52.3 Å². The first kappa shape index (κ1) is 14.8. The molecule has 0 aliphatic rings. The second-order valence-corrected chi connectivity index (χ2v) is 5.52. The van der Waals surface area contributed by atoms with Crippen LogP contribution in [0.3, 0.4) is 0 Å². The summed E-state index contributed by atoms with van der Waals surface area (Å²) in [7, 11) is 0. The third kappa shape index (κ3) is 3.37. The molecule has 1 aromatic carbocycles. The highest BCUT2D eigenvalue weighted by molar-refractivity contribution is 9.10. The lowest BCUT2D eigenvalue weighted by molar-refractivity contribution is 0.0917. The van der Waals surface area contributed by atoms with E-state index in [9.17, 15) is 4.79 Å². The van der Waals surface area contributed by atoms with Gasteiger partial charge in [0.2, 0.25) is 11.7 Å². The van der Waals surface area contributed by atoms with E-state index in [1.807, 2.05) is 0 Å². The average molecular weight is 383 g/mol. The Labute approximate surface area is 138 Å². The predicted octanol–water partition coefficient (Wildman–Crippen LogP) is 3.68. The Kier molecular flexibility index (Phi) is 4.26. The minimum absolute atomic E-state index is 0.109. The molecular weight excluding hydrogens is 374 g/mol. The van der Waals surface area contributed by atoms with E-state index in [0.717, 1.165) is 5.56 Å². The van der Waals surface area contributed by atoms with Gasteiger partial charge in [-0.2, -0.15) is 4.98 Å². The Morgan fingerprint density at radius 1 is 1.23 bits per heavy atom. The molecule has 1 amide bonds. The molecule has 0 saturated heterocycles. The van der Waals surface area contributed by atoms with Crippen LogP contribution < -0.4 is 5.32 Å². The molecule has 3 rings (SSSR count). The molecule has 2 heterocycles. The second-order valence-electron chi connectivity index (χ2n) is 4.31. The van der Waals surface area contributed by atoms with E-state index in [1.165, 1.54) is 0 Å². The molecule has 0 fully saturated rings. The van der Waals surface area contributed by atoms with Gasteiger partial charge in [0.25, 0.3) is 5.91 Å². The highest BCUT2D eigenvalue weighted by Crippen LogP contribution is 2.18. The van der Waals surface area contributed by atoms with Crippen LogP contribution in [0.5, 0.6) is 0 Å². The number of nitrogens with one attached hydrogen (secondary N) is 1. The highest BCUT2D eigenvalue weighted by Gasteiger charge is 2.13. The third-order valence-corrected chi connectivity index (χ3v) is 3.45. The van der Waals surface area contributed by atoms with E-state index in [1.54, 1.807) is 36.4 Å². The van der Waals surface area contributed by atoms with Gasteiger partial charge in [-0.15, -0.1) is 0 Å². The molecular formula is C14H9BrClN3O3. The zero-order valence-corrected chi connectivity index (χ0v) is 13.4. The van der Waals surface area contributed by atoms with Gasteiger partial charge in [-0.25, -0.2) is 0 Å². The monoisotopic (exact) mass is 381 g/mol. The fourth-order valence-electron chi connectivity index (χ4n) is 1.72. The minimum atomic E-state index is -0.364. The van der Waals surface area contributed by atoms with Crippen LogP contribution in [0.2, 0.25) is 5.02 Å². The van der Waals surface area contributed by atoms with Crippen LogP contribution in [0.25, 0.3) is 11.4 Å². The van der Waals surface area contributed by atoms with E-state index >= 15 is 0 Å². The molecule has 3 aromatic rings. The normalized spacial score (nSPS) is 10.6. The largest absolute Gasteiger partial charge is 0.444 e. The van der Waals surface area contributed by atoms with E-state index in [0.29, 0.717) is 21.4 Å². The fourth-order valence-corrected chi connectivity index (χ4v) is 2.15. The van der Waals surface area contributed by atoms with Crippen LogP contribution >= 0.6 is 27.5 Å². The zero-order valence-electron chi connectivity index (χ0n) is 11.0. The Balaban J connectivity index is 1.64. The van der Waals surface area contributed by atoms with Crippen molar-refractivity contribution in [2.75, 3.05) is 0 Å². The molecule has 22 heavy (non-hydrogen) atoms. The van der Waals surface area contributed by atoms with Crippen molar-refractivity contribution in [3.63, 3.8) is 0 Å². The number of carbonyl (C=O) groups is 1. The summed E-state index contributed by atoms with van der Waals surface area (Å²) in [5.41, 5.74) is 0.778. The Morgan fingerprint density at radius 2 is 2.00 bits per heavy atom. The number of carbonyl (C=O) groups excluding carboxylic acids is 1. The first-order chi connectivity index (χ1) is 10.6. The number of benzene rings is 1. The number of aromatic nitrogens is 2. The summed E-state index contributed by atoms with van der Waals surface area (Å²) in [6.45, 7) is 0.109. The molecule has 0 saturated carbocycles. The van der Waals surface area contributed by atoms with Gasteiger partial charge < -0.3 is 14.3 Å². The standard InChI is InChI=1S/C14H9BrClN3O3/c15-11-6-5-10(21-11)14(20)17-7-12-18-13(19-22-12)8-1-3-9(16)4-2-8/h1-6H,7H2,(H,17,20). The van der Waals surface area contributed by atoms with Gasteiger partial charge in [0.15, 0.2) is 10.4 Å². The summed E-state index contributed by atoms with van der Waals surface area (Å²) in [4.78, 5) is 16.0. The molecule has 0 aliphatic carbocycles. The summed E-state index contributed by atoms with van der Waals surface area (Å²) >= 11 is 8.96. The molecule has 0 aliphatic heterocycles. The average Bonchev–Trinajstić information content (AvgIpc) is 3.15. The van der Waals surface area contributed by atoms with Crippen LogP contribution in [-0.2, 0) is 6.54 Å². The summed E-state index contributed by atoms with van der Waals surface area (Å²) in [5.74, 6) is 0.562. The number of hydrogen-bond donors (Lipinski definition) is 1. The summed E-state index contributed by atoms with van der Waals surface area (Å²) < 4.78 is 10.7. The zero-order chi connectivity index (χ0) is 15.5. The number of rotatable bonds is 4. The molecule has 6 nitrogen and oxygen atoms in total. The highest BCUT2D eigenvalue weighted by atomic mass is 79.9. The second kappa shape index (κ2) is 6.33. The third-order valence-electron chi connectivity index (χ3n) is 2.77. The molecule has 2 aromatic heterocycles. The fraction of sp³-hybridized carbons (Fsp3) is 0.0714. The van der Waals surface area contributed by atoms with Gasteiger partial charge in [-0.3, -0.25) is 4.79 Å². The Bertz CT molecular complexity index is 798. The van der Waals surface area contributed by atoms with Gasteiger partial charge in [0.1, 0.15) is 0 Å². The summed E-state index contributed by atoms with van der Waals surface area (Å²) in [6.07, 6.45) is 0. The lowest BCUT2D eigenvalue weighted by Gasteiger charge is -1.98. The van der Waals surface area contributed by atoms with Crippen molar-refractivity contribution < 1.29 is 13.7 Å². The lowest BCUT2D eigenvalue weighted by Crippen LogP contribution is -2.22. The van der Waals surface area contributed by atoms with E-state index in [-0.39, 0.29) is 18.2 Å². The number of halogens is 2. The van der Waals surface area contributed by atoms with Gasteiger partial charge >= 0.3 is 0 Å². The van der Waals surface area contributed by atoms with Crippen molar-refractivity contribution in [1.82, 2.24) is 15.5 Å². The molecule has 0 bridgehead atoms. The van der Waals surface area contributed by atoms with Gasteiger partial charge in [0.05, 0.1) is 6.54 Å². The molecule has 0 atom stereocenters. The van der Waals surface area contributed by atoms with Crippen molar-refractivity contribution in [3.05, 3.63) is 57.7 Å². The molecule has 112 valence electrons. The van der Waals surface area contributed by atoms with Crippen molar-refractivity contribution >= 4 is 33.4 Å². The molecule has 0 radical (unpaired) electrons. The Morgan fingerprint density at radius 3 is 2.68 bits per heavy atom. The van der Waals surface area contributed by atoms with Crippen LogP contribution in [0.4, 0.5) is 0 Å². The molecule has 0 unspecified atom stereocenters. The van der Waals surface area contributed by atoms with Crippen molar-refractivity contribution in [1.29, 1.82) is 0 Å². The number of amides is 1. The number of furan rings is 1. The van der Waals surface area contributed by atoms with Crippen molar-refractivity contribution in [2.45, 2.75) is 6.54 Å². The summed E-state index contributed by atoms with van der Waals surface area (Å²) in [6, 6.07) is 10.3. The minimum Gasteiger partial charge on any atom is -0.444 e. The lowest BCUT2D eigenvalue weighted by atomic mass is 10.2. The maximum atomic E-state index is 11.8. The van der Waals surface area contributed by atoms with Gasteiger partial charge in [0, 0.05) is 10.6 Å². The van der Waals surface area contributed by atoms with Crippen LogP contribution in [-0.4, -0.2) is 16.0 Å². The van der Waals surface area contributed by atoms with Crippen molar-refractivity contribution in [2.24, 2.45) is 0 Å². The Hall–Kier alpha value is -2.12. The maximum absolute atomic E-state index is 11.8. The van der Waals surface area contributed by atoms with Crippen LogP contribution in [0, 0.1) is 0 Å². The smallest absolute Gasteiger partial charge is 0.287 e. The molecule has 1 N–H and O–H groups in total. The first-order valence-corrected chi connectivity index (χ1v) is 7.41. The SMILES string of the molecule is O=C(NCc1nc(-c2ccc(Cl)cc2)no1)c1ccc(Br)o1. The number of hydrogen-bond acceptors (Lipinski definition) is 5. The topological polar surface area (TPSA) is 81.2 Å². The van der Waals surface area contributed by atoms with Crippen LogP contribution in [0.15, 0.2) is 50.0 Å². The number of nitrogens with zero attached hydrogens (tertiary/aromatic N) is 2. The summed E-state index contributed by atoms with van der Waals surface area (Å²) in [5, 5.41) is 7.12. The van der Waals surface area contributed by atoms with Crippen molar-refractivity contribution in [3.8, 4) is 11.4 Å². The maximum Gasteiger partial charge on any atom is 0.287 e. The van der Waals surface area contributed by atoms with Crippen LogP contribution in [0.1, 0.15) is 16.4 Å². The molecule has 8 heteroatoms. The van der Waals surface area contributed by atoms with E-state index < -0.39 is 0 Å². The first-order valence-electron chi connectivity index (χ1n) is 6.24. The van der Waals surface area contributed by atoms with E-state index in [2.05, 4.69) is 31.4 Å². The predicted molar refractivity (Wildman–Crippen MR) is 82.3 cm³/mol. The quantitative estimate of drug-likeness (QED) is 0.744.